The molecule has 43 heavy (non-hydrogen) atoms. The van der Waals surface area contributed by atoms with Crippen molar-refractivity contribution in [3.05, 3.63) is 139 Å². The highest BCUT2D eigenvalue weighted by Crippen LogP contribution is 2.42. The molecule has 0 saturated carbocycles. The highest BCUT2D eigenvalue weighted by Gasteiger charge is 2.23. The van der Waals surface area contributed by atoms with Crippen molar-refractivity contribution in [2.75, 3.05) is 0 Å². The Hall–Kier alpha value is -5.08. The molecule has 0 radical (unpaired) electrons. The molecule has 0 aliphatic carbocycles. The van der Waals surface area contributed by atoms with Crippen LogP contribution >= 0.6 is 0 Å². The Morgan fingerprint density at radius 1 is 0.535 bits per heavy atom. The first-order valence-electron chi connectivity index (χ1n) is 15.0. The van der Waals surface area contributed by atoms with Crippen LogP contribution in [0.1, 0.15) is 31.9 Å². The van der Waals surface area contributed by atoms with Gasteiger partial charge in [0.2, 0.25) is 0 Å². The molecule has 6 aromatic carbocycles. The van der Waals surface area contributed by atoms with Crippen LogP contribution in [0.3, 0.4) is 0 Å². The van der Waals surface area contributed by atoms with Crippen molar-refractivity contribution in [1.29, 1.82) is 0 Å². The largest absolute Gasteiger partial charge is 0.456 e. The van der Waals surface area contributed by atoms with Gasteiger partial charge in [-0.2, -0.15) is 0 Å². The fourth-order valence-corrected chi connectivity index (χ4v) is 6.83. The molecule has 0 saturated heterocycles. The van der Waals surface area contributed by atoms with Gasteiger partial charge in [0.15, 0.2) is 0 Å². The Bertz CT molecular complexity index is 2320. The average molecular weight is 556 g/mol. The van der Waals surface area contributed by atoms with E-state index in [-0.39, 0.29) is 5.41 Å². The van der Waals surface area contributed by atoms with Gasteiger partial charge in [-0.3, -0.25) is 0 Å². The number of nitrogens with zero attached hydrogens (tertiary/aromatic N) is 1. The van der Waals surface area contributed by atoms with Crippen molar-refractivity contribution in [1.82, 2.24) is 4.57 Å². The molecule has 2 heteroatoms. The average Bonchev–Trinajstić information content (AvgIpc) is 3.56. The third kappa shape index (κ3) is 4.01. The number of aryl methyl sites for hydroxylation is 1. The van der Waals surface area contributed by atoms with Gasteiger partial charge in [0.05, 0.1) is 16.7 Å². The number of hydrogen-bond acceptors (Lipinski definition) is 1. The monoisotopic (exact) mass is 555 g/mol. The highest BCUT2D eigenvalue weighted by molar-refractivity contribution is 6.13. The van der Waals surface area contributed by atoms with Crippen molar-refractivity contribution in [2.45, 2.75) is 33.1 Å². The molecule has 0 N–H and O–H groups in total. The predicted octanol–water partition coefficient (Wildman–Crippen LogP) is 11.6. The van der Waals surface area contributed by atoms with Crippen molar-refractivity contribution >= 4 is 43.7 Å². The lowest BCUT2D eigenvalue weighted by Crippen LogP contribution is -2.11. The summed E-state index contributed by atoms with van der Waals surface area (Å²) in [6.45, 7) is 9.17. The lowest BCUT2D eigenvalue weighted by molar-refractivity contribution is 0.596. The quantitative estimate of drug-likeness (QED) is 0.212. The van der Waals surface area contributed by atoms with Crippen LogP contribution in [0.2, 0.25) is 0 Å². The van der Waals surface area contributed by atoms with Gasteiger partial charge < -0.3 is 8.98 Å². The Morgan fingerprint density at radius 3 is 2.00 bits per heavy atom. The van der Waals surface area contributed by atoms with Gasteiger partial charge in [-0.05, 0) is 76.6 Å². The molecule has 2 aromatic heterocycles. The zero-order valence-electron chi connectivity index (χ0n) is 25.0. The molecule has 0 spiro atoms. The Balaban J connectivity index is 1.28. The molecule has 208 valence electrons. The van der Waals surface area contributed by atoms with E-state index >= 15 is 0 Å². The van der Waals surface area contributed by atoms with Gasteiger partial charge >= 0.3 is 0 Å². The van der Waals surface area contributed by atoms with E-state index in [1.54, 1.807) is 0 Å². The zero-order chi connectivity index (χ0) is 29.3. The number of rotatable bonds is 3. The standard InChI is InChI=1S/C41H33NO/c1-26-11-9-16-35-39(26)40-33(41(2,3)4)14-10-17-36(40)42(35)34-15-7-5-12-30(34)28-21-19-27(20-22-28)29-23-24-32-31-13-6-8-18-37(31)43-38(32)25-29/h5-25H,1-4H3. The van der Waals surface area contributed by atoms with Crippen molar-refractivity contribution in [2.24, 2.45) is 0 Å². The van der Waals surface area contributed by atoms with E-state index in [4.69, 9.17) is 4.42 Å². The second kappa shape index (κ2) is 9.47. The molecule has 0 bridgehead atoms. The fourth-order valence-electron chi connectivity index (χ4n) is 6.83. The van der Waals surface area contributed by atoms with Crippen LogP contribution in [0.4, 0.5) is 0 Å². The molecule has 2 nitrogen and oxygen atoms in total. The topological polar surface area (TPSA) is 18.1 Å². The van der Waals surface area contributed by atoms with Crippen molar-refractivity contribution in [3.63, 3.8) is 0 Å². The van der Waals surface area contributed by atoms with Crippen LogP contribution in [0, 0.1) is 6.92 Å². The zero-order valence-corrected chi connectivity index (χ0v) is 25.0. The van der Waals surface area contributed by atoms with E-state index in [9.17, 15) is 0 Å². The van der Waals surface area contributed by atoms with Gasteiger partial charge in [-0.25, -0.2) is 0 Å². The number of para-hydroxylation sites is 2. The van der Waals surface area contributed by atoms with Crippen LogP contribution in [-0.2, 0) is 5.41 Å². The number of benzene rings is 6. The molecule has 2 heterocycles. The minimum absolute atomic E-state index is 0.0294. The maximum Gasteiger partial charge on any atom is 0.136 e. The summed E-state index contributed by atoms with van der Waals surface area (Å²) in [5.41, 5.74) is 13.0. The van der Waals surface area contributed by atoms with Gasteiger partial charge in [-0.1, -0.05) is 112 Å². The summed E-state index contributed by atoms with van der Waals surface area (Å²) in [5.74, 6) is 0. The first-order chi connectivity index (χ1) is 20.9. The summed E-state index contributed by atoms with van der Waals surface area (Å²) in [7, 11) is 0. The summed E-state index contributed by atoms with van der Waals surface area (Å²) in [6.07, 6.45) is 0. The Morgan fingerprint density at radius 2 is 1.19 bits per heavy atom. The normalized spacial score (nSPS) is 12.2. The molecular formula is C41H33NO. The molecule has 0 atom stereocenters. The number of aromatic nitrogens is 1. The lowest BCUT2D eigenvalue weighted by atomic mass is 9.84. The highest BCUT2D eigenvalue weighted by atomic mass is 16.3. The number of furan rings is 1. The van der Waals surface area contributed by atoms with Crippen LogP contribution in [-0.4, -0.2) is 4.57 Å². The van der Waals surface area contributed by atoms with E-state index in [0.29, 0.717) is 0 Å². The van der Waals surface area contributed by atoms with Gasteiger partial charge in [0, 0.05) is 27.1 Å². The first-order valence-corrected chi connectivity index (χ1v) is 15.0. The van der Waals surface area contributed by atoms with Crippen LogP contribution in [0.25, 0.3) is 71.7 Å². The third-order valence-electron chi connectivity index (χ3n) is 8.89. The number of hydrogen-bond donors (Lipinski definition) is 0. The van der Waals surface area contributed by atoms with E-state index < -0.39 is 0 Å². The van der Waals surface area contributed by atoms with Crippen molar-refractivity contribution in [3.8, 4) is 27.9 Å². The van der Waals surface area contributed by atoms with Gasteiger partial charge in [0.25, 0.3) is 0 Å². The molecule has 0 aliphatic heterocycles. The fraction of sp³-hybridized carbons (Fsp3) is 0.122. The Labute approximate surface area is 251 Å². The molecule has 8 aromatic rings. The SMILES string of the molecule is Cc1cccc2c1c1c(C(C)(C)C)cccc1n2-c1ccccc1-c1ccc(-c2ccc3c(c2)oc2ccccc23)cc1. The Kier molecular flexibility index (Phi) is 5.64. The van der Waals surface area contributed by atoms with Gasteiger partial charge in [0.1, 0.15) is 11.2 Å². The summed E-state index contributed by atoms with van der Waals surface area (Å²) < 4.78 is 8.63. The predicted molar refractivity (Wildman–Crippen MR) is 182 cm³/mol. The second-order valence-corrected chi connectivity index (χ2v) is 12.7. The van der Waals surface area contributed by atoms with Crippen LogP contribution < -0.4 is 0 Å². The molecular weight excluding hydrogens is 522 g/mol. The molecule has 0 unspecified atom stereocenters. The summed E-state index contributed by atoms with van der Waals surface area (Å²) in [6, 6.07) is 46.0. The van der Waals surface area contributed by atoms with E-state index in [0.717, 1.165) is 27.5 Å². The van der Waals surface area contributed by atoms with Crippen LogP contribution in [0.15, 0.2) is 132 Å². The summed E-state index contributed by atoms with van der Waals surface area (Å²) in [4.78, 5) is 0. The summed E-state index contributed by atoms with van der Waals surface area (Å²) >= 11 is 0. The first kappa shape index (κ1) is 25.6. The summed E-state index contributed by atoms with van der Waals surface area (Å²) in [5, 5.41) is 5.01. The van der Waals surface area contributed by atoms with E-state index in [2.05, 4.69) is 148 Å². The molecule has 0 amide bonds. The molecule has 8 rings (SSSR count). The lowest BCUT2D eigenvalue weighted by Gasteiger charge is -2.21. The molecule has 0 aliphatic rings. The number of fused-ring (bicyclic) bond motifs is 6. The van der Waals surface area contributed by atoms with E-state index in [1.807, 2.05) is 12.1 Å². The smallest absolute Gasteiger partial charge is 0.136 e. The third-order valence-corrected chi connectivity index (χ3v) is 8.89. The van der Waals surface area contributed by atoms with Crippen molar-refractivity contribution < 1.29 is 4.42 Å². The van der Waals surface area contributed by atoms with Gasteiger partial charge in [-0.15, -0.1) is 0 Å². The minimum atomic E-state index is 0.0294. The van der Waals surface area contributed by atoms with E-state index in [1.165, 1.54) is 55.3 Å². The minimum Gasteiger partial charge on any atom is -0.456 e. The second-order valence-electron chi connectivity index (χ2n) is 12.7. The van der Waals surface area contributed by atoms with Crippen LogP contribution in [0.5, 0.6) is 0 Å². The maximum atomic E-state index is 6.17. The maximum absolute atomic E-state index is 6.17. The molecule has 0 fully saturated rings.